The van der Waals surface area contributed by atoms with Crippen molar-refractivity contribution in [3.63, 3.8) is 0 Å². The summed E-state index contributed by atoms with van der Waals surface area (Å²) in [5, 5.41) is 1.45. The molecule has 0 unspecified atom stereocenters. The lowest BCUT2D eigenvalue weighted by atomic mass is 10.0. The van der Waals surface area contributed by atoms with Crippen LogP contribution >= 0.6 is 23.1 Å². The Labute approximate surface area is 208 Å². The van der Waals surface area contributed by atoms with Gasteiger partial charge in [0, 0.05) is 55.5 Å². The number of rotatable bonds is 7. The molecule has 0 bridgehead atoms. The van der Waals surface area contributed by atoms with Crippen LogP contribution in [-0.4, -0.2) is 58.8 Å². The summed E-state index contributed by atoms with van der Waals surface area (Å²) < 4.78 is 16.2. The smallest absolute Gasteiger partial charge is 0.242 e. The van der Waals surface area contributed by atoms with E-state index in [1.54, 1.807) is 0 Å². The van der Waals surface area contributed by atoms with Crippen molar-refractivity contribution in [1.29, 1.82) is 0 Å². The monoisotopic (exact) mass is 498 g/mol. The van der Waals surface area contributed by atoms with Crippen molar-refractivity contribution in [2.45, 2.75) is 31.6 Å². The highest BCUT2D eigenvalue weighted by atomic mass is 35.5. The van der Waals surface area contributed by atoms with Crippen molar-refractivity contribution >= 4 is 34.2 Å². The number of hydrogen-bond donors (Lipinski definition) is 0. The van der Waals surface area contributed by atoms with Gasteiger partial charge in [-0.05, 0) is 23.3 Å². The number of piperidine rings is 1. The molecule has 1 amide bonds. The van der Waals surface area contributed by atoms with Gasteiger partial charge in [-0.3, -0.25) is 4.79 Å². The molecule has 178 valence electrons. The average Bonchev–Trinajstić information content (AvgIpc) is 3.51. The summed E-state index contributed by atoms with van der Waals surface area (Å²) in [6, 6.07) is 17.8. The molecule has 1 spiro atoms. The number of ether oxygens (including phenoxy) is 2. The molecule has 2 saturated heterocycles. The van der Waals surface area contributed by atoms with Gasteiger partial charge in [0.15, 0.2) is 5.79 Å². The Bertz CT molecular complexity index is 1090. The first-order valence-electron chi connectivity index (χ1n) is 11.5. The molecule has 2 aliphatic rings. The fourth-order valence-corrected chi connectivity index (χ4v) is 5.18. The summed E-state index contributed by atoms with van der Waals surface area (Å²) >= 11 is 7.33. The molecule has 2 aromatic carbocycles. The Morgan fingerprint density at radius 1 is 1.03 bits per heavy atom. The molecule has 1 aromatic heterocycles. The van der Waals surface area contributed by atoms with Gasteiger partial charge in [-0.1, -0.05) is 54.1 Å². The number of aromatic nitrogens is 2. The van der Waals surface area contributed by atoms with E-state index in [1.807, 2.05) is 52.3 Å². The maximum absolute atomic E-state index is 13.3. The Hall–Kier alpha value is -2.52. The van der Waals surface area contributed by atoms with Crippen LogP contribution in [0.2, 0.25) is 5.02 Å². The molecule has 34 heavy (non-hydrogen) atoms. The zero-order valence-corrected chi connectivity index (χ0v) is 20.4. The quantitative estimate of drug-likeness (QED) is 0.487. The molecule has 0 N–H and O–H groups in total. The molecule has 7 nitrogen and oxygen atoms in total. The molecule has 2 fully saturated rings. The number of carbonyl (C=O) groups excluding carboxylic acids is 1. The first-order chi connectivity index (χ1) is 16.6. The van der Waals surface area contributed by atoms with Crippen LogP contribution in [0.3, 0.4) is 0 Å². The maximum Gasteiger partial charge on any atom is 0.242 e. The minimum absolute atomic E-state index is 0.0817. The summed E-state index contributed by atoms with van der Waals surface area (Å²) in [6.45, 7) is 3.37. The molecule has 3 aromatic rings. The van der Waals surface area contributed by atoms with Crippen LogP contribution in [0.25, 0.3) is 0 Å². The number of hydrogen-bond acceptors (Lipinski definition) is 7. The van der Waals surface area contributed by atoms with Crippen LogP contribution in [0.1, 0.15) is 29.8 Å². The second kappa shape index (κ2) is 10.4. The molecule has 0 atom stereocenters. The van der Waals surface area contributed by atoms with Crippen LogP contribution in [-0.2, 0) is 27.2 Å². The summed E-state index contributed by atoms with van der Waals surface area (Å²) in [6.07, 6.45) is 2.04. The number of anilines is 1. The van der Waals surface area contributed by atoms with Crippen molar-refractivity contribution in [3.8, 4) is 0 Å². The van der Waals surface area contributed by atoms with Gasteiger partial charge in [-0.15, -0.1) is 0 Å². The fraction of sp³-hybridized carbons (Fsp3) is 0.400. The van der Waals surface area contributed by atoms with E-state index in [9.17, 15) is 4.79 Å². The number of likely N-dealkylation sites (tertiary alicyclic amines) is 1. The molecule has 0 radical (unpaired) electrons. The maximum atomic E-state index is 13.3. The number of carbonyl (C=O) groups is 1. The summed E-state index contributed by atoms with van der Waals surface area (Å²) in [5.74, 6) is 0.331. The Kier molecular flexibility index (Phi) is 7.10. The van der Waals surface area contributed by atoms with E-state index in [0.717, 1.165) is 22.1 Å². The highest BCUT2D eigenvalue weighted by Crippen LogP contribution is 2.31. The first kappa shape index (κ1) is 23.2. The van der Waals surface area contributed by atoms with Crippen LogP contribution in [0, 0.1) is 0 Å². The van der Waals surface area contributed by atoms with Crippen LogP contribution < -0.4 is 4.90 Å². The van der Waals surface area contributed by atoms with Crippen LogP contribution in [0.5, 0.6) is 0 Å². The summed E-state index contributed by atoms with van der Waals surface area (Å²) in [4.78, 5) is 21.9. The predicted octanol–water partition coefficient (Wildman–Crippen LogP) is 4.15. The molecular weight excluding hydrogens is 472 g/mol. The van der Waals surface area contributed by atoms with E-state index in [-0.39, 0.29) is 12.5 Å². The Morgan fingerprint density at radius 3 is 2.44 bits per heavy atom. The SMILES string of the molecule is O=C(CN(Cc1ccccc1)c1nc(Cc2ccc(Cl)cc2)ns1)N1CCC2(CC1)OCCO2. The third-order valence-corrected chi connectivity index (χ3v) is 7.30. The fourth-order valence-electron chi connectivity index (χ4n) is 4.37. The third kappa shape index (κ3) is 5.58. The molecule has 2 aliphatic heterocycles. The lowest BCUT2D eigenvalue weighted by Gasteiger charge is -2.38. The number of benzene rings is 2. The molecule has 0 saturated carbocycles. The first-order valence-corrected chi connectivity index (χ1v) is 12.7. The van der Waals surface area contributed by atoms with E-state index in [0.29, 0.717) is 57.1 Å². The van der Waals surface area contributed by atoms with Gasteiger partial charge in [0.25, 0.3) is 0 Å². The average molecular weight is 499 g/mol. The minimum Gasteiger partial charge on any atom is -0.347 e. The molecule has 0 aliphatic carbocycles. The van der Waals surface area contributed by atoms with Crippen molar-refractivity contribution in [3.05, 3.63) is 76.6 Å². The van der Waals surface area contributed by atoms with Crippen molar-refractivity contribution in [2.75, 3.05) is 37.7 Å². The second-order valence-corrected chi connectivity index (χ2v) is 9.79. The summed E-state index contributed by atoms with van der Waals surface area (Å²) in [5.41, 5.74) is 2.22. The zero-order chi connectivity index (χ0) is 23.4. The van der Waals surface area contributed by atoms with E-state index in [2.05, 4.69) is 16.5 Å². The summed E-state index contributed by atoms with van der Waals surface area (Å²) in [7, 11) is 0. The van der Waals surface area contributed by atoms with Gasteiger partial charge >= 0.3 is 0 Å². The van der Waals surface area contributed by atoms with E-state index in [4.69, 9.17) is 26.1 Å². The Morgan fingerprint density at radius 2 is 1.74 bits per heavy atom. The highest BCUT2D eigenvalue weighted by Gasteiger charge is 2.40. The topological polar surface area (TPSA) is 67.8 Å². The van der Waals surface area contributed by atoms with E-state index < -0.39 is 5.79 Å². The lowest BCUT2D eigenvalue weighted by Crippen LogP contribution is -2.49. The normalized spacial score (nSPS) is 17.3. The van der Waals surface area contributed by atoms with Gasteiger partial charge in [-0.25, -0.2) is 4.98 Å². The van der Waals surface area contributed by atoms with Gasteiger partial charge in [0.2, 0.25) is 11.0 Å². The van der Waals surface area contributed by atoms with Gasteiger partial charge in [0.1, 0.15) is 5.82 Å². The van der Waals surface area contributed by atoms with Gasteiger partial charge < -0.3 is 19.3 Å². The van der Waals surface area contributed by atoms with Crippen molar-refractivity contribution in [2.24, 2.45) is 0 Å². The Balaban J connectivity index is 1.28. The van der Waals surface area contributed by atoms with Crippen LogP contribution in [0.15, 0.2) is 54.6 Å². The molecule has 5 rings (SSSR count). The molecule has 3 heterocycles. The number of nitrogens with zero attached hydrogens (tertiary/aromatic N) is 4. The standard InChI is InChI=1S/C25H27ClN4O3S/c26-21-8-6-19(7-9-21)16-22-27-24(34-28-22)30(17-20-4-2-1-3-5-20)18-23(31)29-12-10-25(11-13-29)32-14-15-33-25/h1-9H,10-18H2. The van der Waals surface area contributed by atoms with Crippen molar-refractivity contribution in [1.82, 2.24) is 14.3 Å². The minimum atomic E-state index is -0.490. The van der Waals surface area contributed by atoms with Gasteiger partial charge in [0.05, 0.1) is 19.8 Å². The van der Waals surface area contributed by atoms with Crippen LogP contribution in [0.4, 0.5) is 5.13 Å². The number of halogens is 1. The molecule has 9 heteroatoms. The second-order valence-electron chi connectivity index (χ2n) is 8.63. The van der Waals surface area contributed by atoms with Gasteiger partial charge in [-0.2, -0.15) is 4.37 Å². The number of amides is 1. The lowest BCUT2D eigenvalue weighted by molar-refractivity contribution is -0.187. The zero-order valence-electron chi connectivity index (χ0n) is 18.9. The predicted molar refractivity (Wildman–Crippen MR) is 132 cm³/mol. The largest absolute Gasteiger partial charge is 0.347 e. The van der Waals surface area contributed by atoms with E-state index in [1.165, 1.54) is 11.5 Å². The van der Waals surface area contributed by atoms with Crippen molar-refractivity contribution < 1.29 is 14.3 Å². The third-order valence-electron chi connectivity index (χ3n) is 6.24. The van der Waals surface area contributed by atoms with E-state index >= 15 is 0 Å². The highest BCUT2D eigenvalue weighted by molar-refractivity contribution is 7.09. The molecular formula is C25H27ClN4O3S.